The molecule has 0 radical (unpaired) electrons. The SMILES string of the molecule is CCc1c(-n2c3ccccc3c3c4sc5ccccc5c4ccc32)c(-c2ccccc2F)cc(-c2ccccc2F)c1-n1c2ccccc2c2c3sc4ccccc4c3ccc21. The third kappa shape index (κ3) is 4.87. The van der Waals surface area contributed by atoms with Gasteiger partial charge in [-0.2, -0.15) is 0 Å². The normalized spacial score (nSPS) is 12.2. The number of aromatic nitrogens is 2. The van der Waals surface area contributed by atoms with Crippen molar-refractivity contribution in [2.45, 2.75) is 13.3 Å². The number of halogens is 2. The van der Waals surface area contributed by atoms with E-state index in [9.17, 15) is 0 Å². The molecule has 0 aliphatic heterocycles. The standard InChI is InChI=1S/C56H34F2N2S2/c1-2-32-53(59-45-23-11-5-19-39(45)51-47(59)29-27-37-35-17-7-13-25-49(35)61-55(37)51)41(33-15-3-9-21-43(33)57)31-42(34-16-4-10-22-44(34)58)54(32)60-46-24-12-6-20-40(46)52-48(60)30-28-38-36-18-8-14-26-50(36)62-56(38)52/h3-31H,2H2,1H3. The third-order valence-corrected chi connectivity index (χ3v) is 15.3. The van der Waals surface area contributed by atoms with E-state index in [-0.39, 0.29) is 11.6 Å². The minimum atomic E-state index is -0.334. The maximum Gasteiger partial charge on any atom is 0.131 e. The summed E-state index contributed by atoms with van der Waals surface area (Å²) in [7, 11) is 0. The Balaban J connectivity index is 1.26. The number of fused-ring (bicyclic) bond motifs is 14. The van der Waals surface area contributed by atoms with Crippen LogP contribution in [0, 0.1) is 11.6 Å². The van der Waals surface area contributed by atoms with E-state index in [0.717, 1.165) is 49.8 Å². The van der Waals surface area contributed by atoms with Crippen LogP contribution in [-0.4, -0.2) is 9.13 Å². The fraction of sp³-hybridized carbons (Fsp3) is 0.0357. The molecule has 13 aromatic rings. The Morgan fingerprint density at radius 1 is 0.387 bits per heavy atom. The van der Waals surface area contributed by atoms with Gasteiger partial charge in [-0.3, -0.25) is 0 Å². The van der Waals surface area contributed by atoms with Crippen LogP contribution in [0.3, 0.4) is 0 Å². The molecule has 0 unspecified atom stereocenters. The number of para-hydroxylation sites is 2. The second kappa shape index (κ2) is 13.4. The molecule has 0 aliphatic carbocycles. The Hall–Kier alpha value is -7.12. The largest absolute Gasteiger partial charge is 0.308 e. The Kier molecular flexibility index (Phi) is 7.72. The highest BCUT2D eigenvalue weighted by molar-refractivity contribution is 7.27. The van der Waals surface area contributed by atoms with Gasteiger partial charge in [-0.05, 0) is 61.0 Å². The van der Waals surface area contributed by atoms with Crippen molar-refractivity contribution in [3.8, 4) is 33.6 Å². The quantitative estimate of drug-likeness (QED) is 0.163. The van der Waals surface area contributed by atoms with E-state index in [1.807, 2.05) is 46.9 Å². The summed E-state index contributed by atoms with van der Waals surface area (Å²) >= 11 is 3.63. The number of hydrogen-bond acceptors (Lipinski definition) is 2. The Morgan fingerprint density at radius 2 is 0.790 bits per heavy atom. The van der Waals surface area contributed by atoms with E-state index in [1.165, 1.54) is 63.2 Å². The van der Waals surface area contributed by atoms with Gasteiger partial charge in [0.2, 0.25) is 0 Å². The molecule has 2 nitrogen and oxygen atoms in total. The smallest absolute Gasteiger partial charge is 0.131 e. The summed E-state index contributed by atoms with van der Waals surface area (Å²) in [6.45, 7) is 2.18. The molecule has 0 atom stereocenters. The van der Waals surface area contributed by atoms with Crippen LogP contribution in [0.25, 0.3) is 118 Å². The molecule has 9 aromatic carbocycles. The van der Waals surface area contributed by atoms with Crippen LogP contribution in [0.15, 0.2) is 176 Å². The van der Waals surface area contributed by atoms with Crippen molar-refractivity contribution in [3.05, 3.63) is 193 Å². The summed E-state index contributed by atoms with van der Waals surface area (Å²) in [5, 5.41) is 9.52. The molecule has 4 aromatic heterocycles. The molecule has 0 bridgehead atoms. The molecular formula is C56H34F2N2S2. The van der Waals surface area contributed by atoms with E-state index in [2.05, 4.69) is 143 Å². The molecule has 0 saturated carbocycles. The molecule has 0 spiro atoms. The second-order valence-electron chi connectivity index (χ2n) is 16.0. The van der Waals surface area contributed by atoms with Crippen molar-refractivity contribution in [1.82, 2.24) is 9.13 Å². The molecule has 13 rings (SSSR count). The zero-order valence-corrected chi connectivity index (χ0v) is 35.1. The van der Waals surface area contributed by atoms with E-state index < -0.39 is 0 Å². The van der Waals surface area contributed by atoms with Crippen molar-refractivity contribution < 1.29 is 8.78 Å². The topological polar surface area (TPSA) is 9.86 Å². The minimum absolute atomic E-state index is 0.334. The van der Waals surface area contributed by atoms with Crippen LogP contribution in [0.4, 0.5) is 8.78 Å². The zero-order chi connectivity index (χ0) is 41.2. The highest BCUT2D eigenvalue weighted by atomic mass is 32.1. The average molecular weight is 837 g/mol. The van der Waals surface area contributed by atoms with E-state index in [4.69, 9.17) is 0 Å². The fourth-order valence-electron chi connectivity index (χ4n) is 10.3. The molecule has 62 heavy (non-hydrogen) atoms. The van der Waals surface area contributed by atoms with Crippen LogP contribution in [0.2, 0.25) is 0 Å². The van der Waals surface area contributed by atoms with Gasteiger partial charge >= 0.3 is 0 Å². The maximum atomic E-state index is 16.6. The molecule has 6 heteroatoms. The highest BCUT2D eigenvalue weighted by Crippen LogP contribution is 2.50. The Bertz CT molecular complexity index is 3760. The fourth-order valence-corrected chi connectivity index (χ4v) is 12.8. The summed E-state index contributed by atoms with van der Waals surface area (Å²) < 4.78 is 42.9. The van der Waals surface area contributed by atoms with E-state index >= 15 is 8.78 Å². The highest BCUT2D eigenvalue weighted by Gasteiger charge is 2.29. The van der Waals surface area contributed by atoms with Crippen LogP contribution in [0.1, 0.15) is 12.5 Å². The summed E-state index contributed by atoms with van der Waals surface area (Å²) in [4.78, 5) is 0. The number of benzene rings is 9. The molecule has 0 amide bonds. The number of hydrogen-bond donors (Lipinski definition) is 0. The molecule has 0 aliphatic rings. The molecule has 0 N–H and O–H groups in total. The maximum absolute atomic E-state index is 16.6. The van der Waals surface area contributed by atoms with Gasteiger partial charge in [0.25, 0.3) is 0 Å². The lowest BCUT2D eigenvalue weighted by Crippen LogP contribution is -2.10. The molecule has 4 heterocycles. The molecular weight excluding hydrogens is 803 g/mol. The Morgan fingerprint density at radius 3 is 1.24 bits per heavy atom. The van der Waals surface area contributed by atoms with Gasteiger partial charge in [-0.1, -0.05) is 128 Å². The first-order valence-corrected chi connectivity index (χ1v) is 22.6. The summed E-state index contributed by atoms with van der Waals surface area (Å²) in [5.74, 6) is -0.667. The van der Waals surface area contributed by atoms with Crippen molar-refractivity contribution in [1.29, 1.82) is 0 Å². The molecule has 294 valence electrons. The van der Waals surface area contributed by atoms with Gasteiger partial charge in [0, 0.05) is 89.7 Å². The molecule has 0 saturated heterocycles. The first-order valence-electron chi connectivity index (χ1n) is 21.0. The lowest BCUT2D eigenvalue weighted by Gasteiger charge is -2.26. The van der Waals surface area contributed by atoms with Crippen molar-refractivity contribution >= 4 is 107 Å². The predicted octanol–water partition coefficient (Wildman–Crippen LogP) is 16.8. The van der Waals surface area contributed by atoms with Crippen LogP contribution < -0.4 is 0 Å². The Labute approximate surface area is 362 Å². The number of rotatable bonds is 5. The van der Waals surface area contributed by atoms with Gasteiger partial charge in [-0.15, -0.1) is 22.7 Å². The number of nitrogens with zero attached hydrogens (tertiary/aromatic N) is 2. The number of thiophene rings is 2. The molecule has 0 fully saturated rings. The zero-order valence-electron chi connectivity index (χ0n) is 33.4. The lowest BCUT2D eigenvalue weighted by molar-refractivity contribution is 0.631. The minimum Gasteiger partial charge on any atom is -0.308 e. The van der Waals surface area contributed by atoms with Crippen molar-refractivity contribution in [2.24, 2.45) is 0 Å². The van der Waals surface area contributed by atoms with Gasteiger partial charge in [0.1, 0.15) is 11.6 Å². The van der Waals surface area contributed by atoms with Gasteiger partial charge in [0.05, 0.1) is 33.4 Å². The van der Waals surface area contributed by atoms with Crippen molar-refractivity contribution in [3.63, 3.8) is 0 Å². The first-order chi connectivity index (χ1) is 30.6. The van der Waals surface area contributed by atoms with E-state index in [1.54, 1.807) is 12.1 Å². The first kappa shape index (κ1) is 35.6. The third-order valence-electron chi connectivity index (χ3n) is 12.9. The monoisotopic (exact) mass is 836 g/mol. The van der Waals surface area contributed by atoms with Crippen LogP contribution in [-0.2, 0) is 6.42 Å². The predicted molar refractivity (Wildman–Crippen MR) is 261 cm³/mol. The second-order valence-corrected chi connectivity index (χ2v) is 18.1. The van der Waals surface area contributed by atoms with Crippen LogP contribution in [0.5, 0.6) is 0 Å². The summed E-state index contributed by atoms with van der Waals surface area (Å²) in [5.41, 5.74) is 9.21. The average Bonchev–Trinajstić information content (AvgIpc) is 4.06. The van der Waals surface area contributed by atoms with E-state index in [0.29, 0.717) is 28.7 Å². The summed E-state index contributed by atoms with van der Waals surface area (Å²) in [6, 6.07) is 59.4. The summed E-state index contributed by atoms with van der Waals surface area (Å²) in [6.07, 6.45) is 0.576. The van der Waals surface area contributed by atoms with Gasteiger partial charge in [-0.25, -0.2) is 8.78 Å². The van der Waals surface area contributed by atoms with Gasteiger partial charge < -0.3 is 9.13 Å². The van der Waals surface area contributed by atoms with Crippen molar-refractivity contribution in [2.75, 3.05) is 0 Å². The van der Waals surface area contributed by atoms with Gasteiger partial charge in [0.15, 0.2) is 0 Å². The lowest BCUT2D eigenvalue weighted by atomic mass is 9.89. The van der Waals surface area contributed by atoms with Crippen LogP contribution >= 0.6 is 22.7 Å².